The molecule has 0 bridgehead atoms. The number of aliphatic imine (C=N–C) groups is 1. The molecule has 0 amide bonds. The molecule has 0 N–H and O–H groups in total. The van der Waals surface area contributed by atoms with E-state index in [2.05, 4.69) is 30.7 Å². The Balaban J connectivity index is 2.21. The number of benzene rings is 1. The number of likely N-dealkylation sites (N-methyl/N-ethyl adjacent to an activating group) is 1. The summed E-state index contributed by atoms with van der Waals surface area (Å²) in [5, 5.41) is 6.80. The molecule has 0 saturated carbocycles. The molecule has 0 aliphatic carbocycles. The highest BCUT2D eigenvalue weighted by atomic mass is 35.5. The minimum Gasteiger partial charge on any atom is -0.338 e. The van der Waals surface area contributed by atoms with Crippen LogP contribution in [0.25, 0.3) is 5.70 Å². The molecular weight excluding hydrogens is 365 g/mol. The summed E-state index contributed by atoms with van der Waals surface area (Å²) < 4.78 is 14.2. The van der Waals surface area contributed by atoms with E-state index in [0.717, 1.165) is 61.1 Å². The zero-order chi connectivity index (χ0) is 19.7. The smallest absolute Gasteiger partial charge is 0.227 e. The van der Waals surface area contributed by atoms with Crippen molar-refractivity contribution in [3.8, 4) is 0 Å². The van der Waals surface area contributed by atoms with Crippen LogP contribution in [-0.2, 0) is 0 Å². The molecule has 1 fully saturated rings. The highest BCUT2D eigenvalue weighted by Gasteiger charge is 2.32. The SMILES string of the molecule is CCC(C)=C1c2cc(Cl)c(F)cc2N=C(N2CCN(C)CC2)N1N=C(C)C. The van der Waals surface area contributed by atoms with E-state index in [4.69, 9.17) is 21.7 Å². The van der Waals surface area contributed by atoms with E-state index >= 15 is 0 Å². The fourth-order valence-corrected chi connectivity index (χ4v) is 3.44. The molecule has 0 spiro atoms. The standard InChI is InChI=1S/C20H27ClFN5/c1-6-14(4)19-15-11-16(21)17(22)12-18(15)23-20(27(19)24-13(2)3)26-9-7-25(5)8-10-26/h11-12H,6-10H2,1-5H3. The van der Waals surface area contributed by atoms with E-state index in [-0.39, 0.29) is 5.02 Å². The summed E-state index contributed by atoms with van der Waals surface area (Å²) in [4.78, 5) is 9.33. The van der Waals surface area contributed by atoms with E-state index in [1.54, 1.807) is 6.07 Å². The molecule has 1 aromatic carbocycles. The first-order chi connectivity index (χ1) is 12.8. The summed E-state index contributed by atoms with van der Waals surface area (Å²) >= 11 is 6.10. The lowest BCUT2D eigenvalue weighted by Crippen LogP contribution is -2.51. The summed E-state index contributed by atoms with van der Waals surface area (Å²) in [7, 11) is 2.12. The summed E-state index contributed by atoms with van der Waals surface area (Å²) in [6.45, 7) is 11.7. The van der Waals surface area contributed by atoms with Gasteiger partial charge in [0.2, 0.25) is 5.96 Å². The monoisotopic (exact) mass is 391 g/mol. The fraction of sp³-hybridized carbons (Fsp3) is 0.500. The predicted molar refractivity (Wildman–Crippen MR) is 111 cm³/mol. The molecule has 0 radical (unpaired) electrons. The molecule has 7 heteroatoms. The zero-order valence-electron chi connectivity index (χ0n) is 16.7. The number of rotatable bonds is 2. The van der Waals surface area contributed by atoms with Crippen LogP contribution in [0.4, 0.5) is 10.1 Å². The van der Waals surface area contributed by atoms with Crippen molar-refractivity contribution < 1.29 is 4.39 Å². The summed E-state index contributed by atoms with van der Waals surface area (Å²) in [6, 6.07) is 3.09. The van der Waals surface area contributed by atoms with Crippen molar-refractivity contribution in [2.75, 3.05) is 33.2 Å². The lowest BCUT2D eigenvalue weighted by Gasteiger charge is -2.40. The molecule has 3 rings (SSSR count). The van der Waals surface area contributed by atoms with Crippen LogP contribution in [0.15, 0.2) is 27.8 Å². The van der Waals surface area contributed by atoms with Crippen molar-refractivity contribution in [1.82, 2.24) is 14.8 Å². The van der Waals surface area contributed by atoms with Gasteiger partial charge in [-0.2, -0.15) is 10.1 Å². The van der Waals surface area contributed by atoms with Gasteiger partial charge in [0.15, 0.2) is 0 Å². The van der Waals surface area contributed by atoms with Crippen molar-refractivity contribution in [1.29, 1.82) is 0 Å². The van der Waals surface area contributed by atoms with Crippen LogP contribution in [0.3, 0.4) is 0 Å². The minimum atomic E-state index is -0.450. The second-order valence-corrected chi connectivity index (χ2v) is 7.73. The van der Waals surface area contributed by atoms with E-state index in [9.17, 15) is 4.39 Å². The van der Waals surface area contributed by atoms with Gasteiger partial charge in [-0.15, -0.1) is 0 Å². The highest BCUT2D eigenvalue weighted by Crippen LogP contribution is 2.40. The lowest BCUT2D eigenvalue weighted by atomic mass is 10.0. The number of guanidine groups is 1. The number of halogens is 2. The number of hydrogen-bond acceptors (Lipinski definition) is 5. The average molecular weight is 392 g/mol. The fourth-order valence-electron chi connectivity index (χ4n) is 3.27. The van der Waals surface area contributed by atoms with Crippen LogP contribution in [0.5, 0.6) is 0 Å². The van der Waals surface area contributed by atoms with Gasteiger partial charge >= 0.3 is 0 Å². The molecule has 0 atom stereocenters. The third-order valence-corrected chi connectivity index (χ3v) is 5.23. The first-order valence-corrected chi connectivity index (χ1v) is 9.73. The van der Waals surface area contributed by atoms with E-state index < -0.39 is 5.82 Å². The second-order valence-electron chi connectivity index (χ2n) is 7.33. The Morgan fingerprint density at radius 1 is 1.19 bits per heavy atom. The third kappa shape index (κ3) is 4.01. The van der Waals surface area contributed by atoms with Gasteiger partial charge in [0.05, 0.1) is 16.4 Å². The number of hydrogen-bond donors (Lipinski definition) is 0. The topological polar surface area (TPSA) is 34.4 Å². The molecule has 1 saturated heterocycles. The Hall–Kier alpha value is -1.92. The van der Waals surface area contributed by atoms with Crippen molar-refractivity contribution in [3.05, 3.63) is 34.1 Å². The van der Waals surface area contributed by atoms with E-state index in [0.29, 0.717) is 5.69 Å². The molecule has 2 heterocycles. The summed E-state index contributed by atoms with van der Waals surface area (Å²) in [5.41, 5.74) is 4.46. The van der Waals surface area contributed by atoms with Crippen LogP contribution in [0.1, 0.15) is 39.7 Å². The number of nitrogens with zero attached hydrogens (tertiary/aromatic N) is 5. The van der Waals surface area contributed by atoms with Gasteiger partial charge in [-0.25, -0.2) is 9.38 Å². The normalized spacial score (nSPS) is 19.6. The third-order valence-electron chi connectivity index (χ3n) is 4.94. The summed E-state index contributed by atoms with van der Waals surface area (Å²) in [5.74, 6) is 0.301. The maximum Gasteiger partial charge on any atom is 0.227 e. The van der Waals surface area contributed by atoms with Crippen molar-refractivity contribution in [2.24, 2.45) is 10.1 Å². The average Bonchev–Trinajstić information content (AvgIpc) is 2.62. The Kier molecular flexibility index (Phi) is 5.86. The van der Waals surface area contributed by atoms with E-state index in [1.165, 1.54) is 6.07 Å². The van der Waals surface area contributed by atoms with Crippen LogP contribution in [0.2, 0.25) is 5.02 Å². The van der Waals surface area contributed by atoms with Crippen LogP contribution in [0, 0.1) is 5.82 Å². The highest BCUT2D eigenvalue weighted by molar-refractivity contribution is 6.31. The Bertz CT molecular complexity index is 818. The molecule has 0 aromatic heterocycles. The van der Waals surface area contributed by atoms with Gasteiger partial charge in [-0.3, -0.25) is 0 Å². The van der Waals surface area contributed by atoms with Crippen molar-refractivity contribution in [3.63, 3.8) is 0 Å². The van der Waals surface area contributed by atoms with Gasteiger partial charge in [-0.05, 0) is 45.9 Å². The summed E-state index contributed by atoms with van der Waals surface area (Å²) in [6.07, 6.45) is 0.856. The first-order valence-electron chi connectivity index (χ1n) is 9.35. The van der Waals surface area contributed by atoms with E-state index in [1.807, 2.05) is 18.9 Å². The number of fused-ring (bicyclic) bond motifs is 1. The maximum atomic E-state index is 14.2. The minimum absolute atomic E-state index is 0.102. The van der Waals surface area contributed by atoms with Gasteiger partial charge < -0.3 is 9.80 Å². The molecule has 5 nitrogen and oxygen atoms in total. The first kappa shape index (κ1) is 19.8. The van der Waals surface area contributed by atoms with Gasteiger partial charge in [0, 0.05) is 43.5 Å². The van der Waals surface area contributed by atoms with Gasteiger partial charge in [0.1, 0.15) is 5.82 Å². The van der Waals surface area contributed by atoms with Gasteiger partial charge in [-0.1, -0.05) is 18.5 Å². The molecule has 2 aliphatic heterocycles. The second kappa shape index (κ2) is 7.98. The van der Waals surface area contributed by atoms with Crippen molar-refractivity contribution >= 4 is 34.7 Å². The Morgan fingerprint density at radius 2 is 1.85 bits per heavy atom. The van der Waals surface area contributed by atoms with Crippen LogP contribution < -0.4 is 0 Å². The predicted octanol–water partition coefficient (Wildman–Crippen LogP) is 4.57. The molecule has 1 aromatic rings. The molecule has 146 valence electrons. The number of piperazine rings is 1. The largest absolute Gasteiger partial charge is 0.338 e. The van der Waals surface area contributed by atoms with Crippen LogP contribution >= 0.6 is 11.6 Å². The zero-order valence-corrected chi connectivity index (χ0v) is 17.4. The molecule has 2 aliphatic rings. The maximum absolute atomic E-state index is 14.2. The van der Waals surface area contributed by atoms with Crippen molar-refractivity contribution in [2.45, 2.75) is 34.1 Å². The molecule has 0 unspecified atom stereocenters. The van der Waals surface area contributed by atoms with Gasteiger partial charge in [0.25, 0.3) is 0 Å². The Labute approximate surface area is 165 Å². The number of hydrazone groups is 1. The molecular formula is C20H27ClFN5. The quantitative estimate of drug-likeness (QED) is 0.693. The number of allylic oxidation sites excluding steroid dienone is 1. The van der Waals surface area contributed by atoms with Crippen LogP contribution in [-0.4, -0.2) is 59.7 Å². The molecule has 27 heavy (non-hydrogen) atoms. The lowest BCUT2D eigenvalue weighted by molar-refractivity contribution is 0.204. The Morgan fingerprint density at radius 3 is 2.44 bits per heavy atom.